The Morgan fingerprint density at radius 2 is 1.95 bits per heavy atom. The molecule has 1 aromatic heterocycles. The van der Waals surface area contributed by atoms with E-state index in [0.717, 1.165) is 17.1 Å². The van der Waals surface area contributed by atoms with Gasteiger partial charge in [0, 0.05) is 0 Å². The summed E-state index contributed by atoms with van der Waals surface area (Å²) in [6, 6.07) is 8.43. The highest BCUT2D eigenvalue weighted by Gasteiger charge is 2.28. The fraction of sp³-hybridized carbons (Fsp3) is 0.286. The number of carbonyl (C=O) groups excluding carboxylic acids is 1. The number of benzene rings is 1. The molecule has 2 rings (SSSR count). The van der Waals surface area contributed by atoms with Crippen molar-refractivity contribution in [3.63, 3.8) is 0 Å². The second-order valence-electron chi connectivity index (χ2n) is 4.68. The van der Waals surface area contributed by atoms with Crippen LogP contribution >= 0.6 is 11.5 Å². The number of rotatable bonds is 5. The molecule has 6 nitrogen and oxygen atoms in total. The molecular formula is C14H15N3O3S. The summed E-state index contributed by atoms with van der Waals surface area (Å²) in [4.78, 5) is 23.9. The Labute approximate surface area is 126 Å². The minimum atomic E-state index is -0.969. The topological polar surface area (TPSA) is 92.2 Å². The Morgan fingerprint density at radius 1 is 1.29 bits per heavy atom. The van der Waals surface area contributed by atoms with Gasteiger partial charge in [0.1, 0.15) is 4.88 Å². The van der Waals surface area contributed by atoms with Gasteiger partial charge < -0.3 is 10.4 Å². The lowest BCUT2D eigenvalue weighted by Crippen LogP contribution is -2.35. The number of aromatic nitrogens is 2. The van der Waals surface area contributed by atoms with E-state index in [-0.39, 0.29) is 5.91 Å². The normalized spacial score (nSPS) is 13.4. The molecule has 0 aliphatic rings. The van der Waals surface area contributed by atoms with Crippen LogP contribution in [0.5, 0.6) is 0 Å². The Kier molecular flexibility index (Phi) is 4.64. The highest BCUT2D eigenvalue weighted by atomic mass is 32.1. The van der Waals surface area contributed by atoms with Crippen LogP contribution in [-0.2, 0) is 4.79 Å². The van der Waals surface area contributed by atoms with Crippen molar-refractivity contribution in [2.45, 2.75) is 19.9 Å². The lowest BCUT2D eigenvalue weighted by molar-refractivity contribution is -0.142. The van der Waals surface area contributed by atoms with Crippen LogP contribution < -0.4 is 5.32 Å². The summed E-state index contributed by atoms with van der Waals surface area (Å²) in [6.07, 6.45) is 0. The quantitative estimate of drug-likeness (QED) is 0.882. The van der Waals surface area contributed by atoms with Gasteiger partial charge in [0.05, 0.1) is 17.7 Å². The van der Waals surface area contributed by atoms with Gasteiger partial charge >= 0.3 is 5.97 Å². The van der Waals surface area contributed by atoms with Gasteiger partial charge in [0.25, 0.3) is 5.91 Å². The van der Waals surface area contributed by atoms with E-state index < -0.39 is 17.9 Å². The largest absolute Gasteiger partial charge is 0.481 e. The summed E-state index contributed by atoms with van der Waals surface area (Å²) in [6.45, 7) is 3.26. The summed E-state index contributed by atoms with van der Waals surface area (Å²) < 4.78 is 3.72. The van der Waals surface area contributed by atoms with Crippen LogP contribution in [0.4, 0.5) is 0 Å². The molecule has 1 heterocycles. The standard InChI is InChI=1S/C14H15N3O3S/c1-8(14(19)20)11(10-6-4-3-5-7-10)15-13(18)12-9(2)16-17-21-12/h3-8,11H,1-2H3,(H,15,18)(H,19,20). The van der Waals surface area contributed by atoms with Crippen LogP contribution in [0.2, 0.25) is 0 Å². The number of aryl methyl sites for hydroxylation is 1. The van der Waals surface area contributed by atoms with Crippen LogP contribution in [0.3, 0.4) is 0 Å². The second-order valence-corrected chi connectivity index (χ2v) is 5.43. The molecule has 0 aliphatic heterocycles. The SMILES string of the molecule is Cc1nnsc1C(=O)NC(c1ccccc1)C(C)C(=O)O. The molecule has 110 valence electrons. The van der Waals surface area contributed by atoms with Crippen molar-refractivity contribution in [2.24, 2.45) is 5.92 Å². The zero-order valence-electron chi connectivity index (χ0n) is 11.6. The van der Waals surface area contributed by atoms with Crippen LogP contribution in [-0.4, -0.2) is 26.6 Å². The van der Waals surface area contributed by atoms with Crippen LogP contribution in [0.15, 0.2) is 30.3 Å². The molecule has 1 amide bonds. The number of amides is 1. The molecular weight excluding hydrogens is 290 g/mol. The molecule has 0 fully saturated rings. The average Bonchev–Trinajstić information content (AvgIpc) is 2.91. The van der Waals surface area contributed by atoms with Gasteiger partial charge in [0.15, 0.2) is 0 Å². The number of aliphatic carboxylic acids is 1. The van der Waals surface area contributed by atoms with Gasteiger partial charge in [-0.05, 0) is 30.9 Å². The fourth-order valence-electron chi connectivity index (χ4n) is 1.95. The lowest BCUT2D eigenvalue weighted by atomic mass is 9.94. The number of carboxylic acid groups (broad SMARTS) is 1. The van der Waals surface area contributed by atoms with Crippen molar-refractivity contribution in [2.75, 3.05) is 0 Å². The van der Waals surface area contributed by atoms with Crippen molar-refractivity contribution < 1.29 is 14.7 Å². The third-order valence-electron chi connectivity index (χ3n) is 3.19. The highest BCUT2D eigenvalue weighted by molar-refractivity contribution is 7.08. The third-order valence-corrected chi connectivity index (χ3v) is 4.02. The minimum absolute atomic E-state index is 0.357. The Morgan fingerprint density at radius 3 is 2.48 bits per heavy atom. The molecule has 1 aromatic carbocycles. The predicted molar refractivity (Wildman–Crippen MR) is 78.1 cm³/mol. The number of nitrogens with one attached hydrogen (secondary N) is 1. The molecule has 0 saturated heterocycles. The maximum atomic E-state index is 12.3. The van der Waals surface area contributed by atoms with E-state index in [2.05, 4.69) is 14.9 Å². The molecule has 0 aliphatic carbocycles. The molecule has 0 bridgehead atoms. The Bertz CT molecular complexity index is 642. The van der Waals surface area contributed by atoms with Gasteiger partial charge in [0.2, 0.25) is 0 Å². The van der Waals surface area contributed by atoms with E-state index in [9.17, 15) is 14.7 Å². The van der Waals surface area contributed by atoms with Crippen molar-refractivity contribution in [1.82, 2.24) is 14.9 Å². The molecule has 0 spiro atoms. The van der Waals surface area contributed by atoms with Gasteiger partial charge in [-0.1, -0.05) is 34.8 Å². The van der Waals surface area contributed by atoms with Gasteiger partial charge in [-0.3, -0.25) is 9.59 Å². The van der Waals surface area contributed by atoms with Gasteiger partial charge in [-0.25, -0.2) is 0 Å². The summed E-state index contributed by atoms with van der Waals surface area (Å²) in [7, 11) is 0. The Hall–Kier alpha value is -2.28. The maximum absolute atomic E-state index is 12.3. The number of hydrogen-bond acceptors (Lipinski definition) is 5. The van der Waals surface area contributed by atoms with E-state index in [0.29, 0.717) is 10.6 Å². The first kappa shape index (κ1) is 15.1. The number of carboxylic acids is 1. The summed E-state index contributed by atoms with van der Waals surface area (Å²) in [5.41, 5.74) is 1.28. The molecule has 0 radical (unpaired) electrons. The zero-order chi connectivity index (χ0) is 15.4. The molecule has 21 heavy (non-hydrogen) atoms. The fourth-order valence-corrected chi connectivity index (χ4v) is 2.51. The molecule has 0 saturated carbocycles. The summed E-state index contributed by atoms with van der Waals surface area (Å²) >= 11 is 0.994. The van der Waals surface area contributed by atoms with E-state index in [1.54, 1.807) is 26.0 Å². The van der Waals surface area contributed by atoms with E-state index >= 15 is 0 Å². The van der Waals surface area contributed by atoms with Crippen LogP contribution in [0.1, 0.15) is 33.9 Å². The smallest absolute Gasteiger partial charge is 0.308 e. The molecule has 2 atom stereocenters. The molecule has 7 heteroatoms. The monoisotopic (exact) mass is 305 g/mol. The summed E-state index contributed by atoms with van der Waals surface area (Å²) in [5, 5.41) is 15.8. The first-order chi connectivity index (χ1) is 10.0. The first-order valence-corrected chi connectivity index (χ1v) is 7.15. The van der Waals surface area contributed by atoms with E-state index in [1.165, 1.54) is 0 Å². The second kappa shape index (κ2) is 6.45. The van der Waals surface area contributed by atoms with Crippen molar-refractivity contribution in [3.8, 4) is 0 Å². The van der Waals surface area contributed by atoms with E-state index in [4.69, 9.17) is 0 Å². The van der Waals surface area contributed by atoms with Crippen molar-refractivity contribution >= 4 is 23.4 Å². The molecule has 2 unspecified atom stereocenters. The van der Waals surface area contributed by atoms with Gasteiger partial charge in [-0.2, -0.15) is 0 Å². The predicted octanol–water partition coefficient (Wildman–Crippen LogP) is 2.04. The minimum Gasteiger partial charge on any atom is -0.481 e. The molecule has 2 N–H and O–H groups in total. The van der Waals surface area contributed by atoms with Crippen molar-refractivity contribution in [3.05, 3.63) is 46.5 Å². The number of hydrogen-bond donors (Lipinski definition) is 2. The zero-order valence-corrected chi connectivity index (χ0v) is 12.4. The highest BCUT2D eigenvalue weighted by Crippen LogP contribution is 2.23. The number of nitrogens with zero attached hydrogens (tertiary/aromatic N) is 2. The summed E-state index contributed by atoms with van der Waals surface area (Å²) in [5.74, 6) is -2.08. The van der Waals surface area contributed by atoms with Crippen LogP contribution in [0.25, 0.3) is 0 Å². The Balaban J connectivity index is 2.27. The lowest BCUT2D eigenvalue weighted by Gasteiger charge is -2.22. The van der Waals surface area contributed by atoms with Crippen molar-refractivity contribution in [1.29, 1.82) is 0 Å². The van der Waals surface area contributed by atoms with E-state index in [1.807, 2.05) is 18.2 Å². The average molecular weight is 305 g/mol. The maximum Gasteiger partial charge on any atom is 0.308 e. The van der Waals surface area contributed by atoms with Gasteiger partial charge in [-0.15, -0.1) is 5.10 Å². The third kappa shape index (κ3) is 3.43. The van der Waals surface area contributed by atoms with Crippen LogP contribution in [0, 0.1) is 12.8 Å². The number of carbonyl (C=O) groups is 2. The first-order valence-electron chi connectivity index (χ1n) is 6.38. The molecule has 2 aromatic rings.